The lowest BCUT2D eigenvalue weighted by Crippen LogP contribution is -2.43. The van der Waals surface area contributed by atoms with E-state index >= 15 is 0 Å². The number of aryl methyl sites for hydroxylation is 1. The first-order valence-corrected chi connectivity index (χ1v) is 7.72. The maximum atomic E-state index is 13.1. The van der Waals surface area contributed by atoms with Crippen molar-refractivity contribution in [3.63, 3.8) is 0 Å². The number of hydrogen-bond acceptors (Lipinski definition) is 4. The van der Waals surface area contributed by atoms with Crippen LogP contribution in [0.1, 0.15) is 16.1 Å². The fourth-order valence-electron chi connectivity index (χ4n) is 2.36. The van der Waals surface area contributed by atoms with Gasteiger partial charge in [-0.3, -0.25) is 14.2 Å². The molecule has 0 unspecified atom stereocenters. The molecule has 3 rings (SSSR count). The Morgan fingerprint density at radius 3 is 2.38 bits per heavy atom. The second-order valence-corrected chi connectivity index (χ2v) is 5.65. The maximum Gasteiger partial charge on any atom is 0.351 e. The Labute approximate surface area is 147 Å². The third kappa shape index (κ3) is 3.16. The molecule has 132 valence electrons. The number of nitrogens with one attached hydrogen (secondary N) is 1. The average molecular weight is 354 g/mol. The van der Waals surface area contributed by atoms with Crippen molar-refractivity contribution >= 4 is 11.6 Å². The fourth-order valence-corrected chi connectivity index (χ4v) is 2.36. The number of anilines is 1. The van der Waals surface area contributed by atoms with Crippen LogP contribution in [0.15, 0.2) is 58.1 Å². The van der Waals surface area contributed by atoms with Crippen molar-refractivity contribution in [2.24, 2.45) is 7.05 Å². The van der Waals surface area contributed by atoms with Crippen LogP contribution in [0, 0.1) is 12.7 Å². The molecule has 1 aromatic heterocycles. The minimum absolute atomic E-state index is 0.233. The highest BCUT2D eigenvalue weighted by atomic mass is 19.1. The standard InChI is InChI=1S/C18H15FN4O3/c1-11-5-3-4-6-14(11)20-16(24)15-17(25)22(2)18(26)23(21-15)13-9-7-12(19)8-10-13/h3-10H,1-2H3,(H,20,24). The molecule has 1 amide bonds. The van der Waals surface area contributed by atoms with Crippen LogP contribution < -0.4 is 16.6 Å². The van der Waals surface area contributed by atoms with E-state index in [0.29, 0.717) is 5.69 Å². The van der Waals surface area contributed by atoms with Crippen molar-refractivity contribution in [3.8, 4) is 5.69 Å². The summed E-state index contributed by atoms with van der Waals surface area (Å²) >= 11 is 0. The average Bonchev–Trinajstić information content (AvgIpc) is 2.63. The summed E-state index contributed by atoms with van der Waals surface area (Å²) in [6, 6.07) is 12.0. The zero-order valence-electron chi connectivity index (χ0n) is 14.1. The maximum absolute atomic E-state index is 13.1. The Hall–Kier alpha value is -3.55. The van der Waals surface area contributed by atoms with E-state index < -0.39 is 28.7 Å². The van der Waals surface area contributed by atoms with Gasteiger partial charge in [0.25, 0.3) is 11.5 Å². The van der Waals surface area contributed by atoms with Gasteiger partial charge in [0.15, 0.2) is 0 Å². The molecule has 0 saturated heterocycles. The molecule has 3 aromatic rings. The Bertz CT molecular complexity index is 1100. The molecule has 26 heavy (non-hydrogen) atoms. The fraction of sp³-hybridized carbons (Fsp3) is 0.111. The van der Waals surface area contributed by atoms with Gasteiger partial charge in [0.2, 0.25) is 5.69 Å². The summed E-state index contributed by atoms with van der Waals surface area (Å²) < 4.78 is 14.8. The van der Waals surface area contributed by atoms with Crippen LogP contribution in [-0.4, -0.2) is 20.3 Å². The number of benzene rings is 2. The number of amides is 1. The lowest BCUT2D eigenvalue weighted by atomic mass is 10.2. The quantitative estimate of drug-likeness (QED) is 0.775. The highest BCUT2D eigenvalue weighted by Crippen LogP contribution is 2.13. The summed E-state index contributed by atoms with van der Waals surface area (Å²) in [5.41, 5.74) is -0.435. The predicted octanol–water partition coefficient (Wildman–Crippen LogP) is 1.63. The van der Waals surface area contributed by atoms with Crippen molar-refractivity contribution < 1.29 is 9.18 Å². The van der Waals surface area contributed by atoms with Gasteiger partial charge in [0.1, 0.15) is 5.82 Å². The van der Waals surface area contributed by atoms with Gasteiger partial charge in [-0.15, -0.1) is 0 Å². The SMILES string of the molecule is Cc1ccccc1NC(=O)c1nn(-c2ccc(F)cc2)c(=O)n(C)c1=O. The lowest BCUT2D eigenvalue weighted by Gasteiger charge is -2.10. The van der Waals surface area contributed by atoms with E-state index in [9.17, 15) is 18.8 Å². The van der Waals surface area contributed by atoms with Gasteiger partial charge in [-0.1, -0.05) is 18.2 Å². The topological polar surface area (TPSA) is 86.0 Å². The zero-order chi connectivity index (χ0) is 18.8. The van der Waals surface area contributed by atoms with E-state index in [-0.39, 0.29) is 5.69 Å². The van der Waals surface area contributed by atoms with Crippen molar-refractivity contribution in [1.29, 1.82) is 0 Å². The molecule has 8 heteroatoms. The van der Waals surface area contributed by atoms with Crippen LogP contribution >= 0.6 is 0 Å². The molecular formula is C18H15FN4O3. The van der Waals surface area contributed by atoms with E-state index in [2.05, 4.69) is 10.4 Å². The third-order valence-electron chi connectivity index (χ3n) is 3.85. The minimum Gasteiger partial charge on any atom is -0.320 e. The number of carbonyl (C=O) groups excluding carboxylic acids is 1. The number of para-hydroxylation sites is 1. The molecule has 0 aliphatic rings. The summed E-state index contributed by atoms with van der Waals surface area (Å²) in [4.78, 5) is 37.1. The molecule has 0 aliphatic carbocycles. The van der Waals surface area contributed by atoms with Gasteiger partial charge in [0.05, 0.1) is 5.69 Å². The van der Waals surface area contributed by atoms with Gasteiger partial charge < -0.3 is 5.32 Å². The molecule has 0 saturated carbocycles. The Morgan fingerprint density at radius 2 is 1.73 bits per heavy atom. The number of rotatable bonds is 3. The normalized spacial score (nSPS) is 10.6. The summed E-state index contributed by atoms with van der Waals surface area (Å²) in [5.74, 6) is -1.22. The van der Waals surface area contributed by atoms with Gasteiger partial charge in [0, 0.05) is 12.7 Å². The Morgan fingerprint density at radius 1 is 1.08 bits per heavy atom. The summed E-state index contributed by atoms with van der Waals surface area (Å²) in [6.45, 7) is 1.81. The van der Waals surface area contributed by atoms with Crippen molar-refractivity contribution in [3.05, 3.63) is 86.4 Å². The van der Waals surface area contributed by atoms with E-state index in [1.54, 1.807) is 25.1 Å². The van der Waals surface area contributed by atoms with Gasteiger partial charge in [-0.25, -0.2) is 9.18 Å². The van der Waals surface area contributed by atoms with Crippen molar-refractivity contribution in [2.75, 3.05) is 5.32 Å². The Kier molecular flexibility index (Phi) is 4.49. The first kappa shape index (κ1) is 17.3. The molecule has 0 atom stereocenters. The number of hydrogen-bond donors (Lipinski definition) is 1. The summed E-state index contributed by atoms with van der Waals surface area (Å²) in [7, 11) is 1.25. The first-order valence-electron chi connectivity index (χ1n) is 7.72. The van der Waals surface area contributed by atoms with Crippen LogP contribution in [0.5, 0.6) is 0 Å². The number of nitrogens with zero attached hydrogens (tertiary/aromatic N) is 3. The zero-order valence-corrected chi connectivity index (χ0v) is 14.1. The van der Waals surface area contributed by atoms with Crippen LogP contribution in [0.25, 0.3) is 5.69 Å². The largest absolute Gasteiger partial charge is 0.351 e. The molecular weight excluding hydrogens is 339 g/mol. The number of aromatic nitrogens is 3. The highest BCUT2D eigenvalue weighted by Gasteiger charge is 2.19. The summed E-state index contributed by atoms with van der Waals surface area (Å²) in [5, 5.41) is 6.51. The molecule has 0 spiro atoms. The number of halogens is 1. The molecule has 0 fully saturated rings. The highest BCUT2D eigenvalue weighted by molar-refractivity contribution is 6.02. The second-order valence-electron chi connectivity index (χ2n) is 5.65. The molecule has 0 radical (unpaired) electrons. The van der Waals surface area contributed by atoms with Crippen LogP contribution in [-0.2, 0) is 7.05 Å². The predicted molar refractivity (Wildman–Crippen MR) is 94.2 cm³/mol. The molecule has 2 aromatic carbocycles. The van der Waals surface area contributed by atoms with Crippen LogP contribution in [0.4, 0.5) is 10.1 Å². The van der Waals surface area contributed by atoms with Gasteiger partial charge >= 0.3 is 5.69 Å². The summed E-state index contributed by atoms with van der Waals surface area (Å²) in [6.07, 6.45) is 0. The molecule has 0 aliphatic heterocycles. The first-order chi connectivity index (χ1) is 12.4. The third-order valence-corrected chi connectivity index (χ3v) is 3.85. The lowest BCUT2D eigenvalue weighted by molar-refractivity contribution is 0.101. The van der Waals surface area contributed by atoms with E-state index in [4.69, 9.17) is 0 Å². The minimum atomic E-state index is -0.820. The van der Waals surface area contributed by atoms with E-state index in [1.807, 2.05) is 6.07 Å². The Balaban J connectivity index is 2.09. The van der Waals surface area contributed by atoms with Crippen molar-refractivity contribution in [2.45, 2.75) is 6.92 Å². The van der Waals surface area contributed by atoms with Crippen LogP contribution in [0.2, 0.25) is 0 Å². The van der Waals surface area contributed by atoms with Crippen molar-refractivity contribution in [1.82, 2.24) is 14.3 Å². The molecule has 0 bridgehead atoms. The smallest absolute Gasteiger partial charge is 0.320 e. The number of carbonyl (C=O) groups is 1. The molecule has 1 heterocycles. The van der Waals surface area contributed by atoms with Gasteiger partial charge in [-0.05, 0) is 42.8 Å². The van der Waals surface area contributed by atoms with Gasteiger partial charge in [-0.2, -0.15) is 9.78 Å². The monoisotopic (exact) mass is 354 g/mol. The molecule has 7 nitrogen and oxygen atoms in total. The van der Waals surface area contributed by atoms with E-state index in [1.165, 1.54) is 19.2 Å². The molecule has 1 N–H and O–H groups in total. The van der Waals surface area contributed by atoms with E-state index in [0.717, 1.165) is 26.9 Å². The van der Waals surface area contributed by atoms with Crippen LogP contribution in [0.3, 0.4) is 0 Å². The second kappa shape index (κ2) is 6.75.